The van der Waals surface area contributed by atoms with Crippen LogP contribution in [0.4, 0.5) is 0 Å². The summed E-state index contributed by atoms with van der Waals surface area (Å²) in [5.74, 6) is -0.212. The van der Waals surface area contributed by atoms with E-state index >= 15 is 0 Å². The highest BCUT2D eigenvalue weighted by Crippen LogP contribution is 2.21. The van der Waals surface area contributed by atoms with Crippen LogP contribution in [0, 0.1) is 0 Å². The second kappa shape index (κ2) is 8.09. The van der Waals surface area contributed by atoms with Crippen LogP contribution in [0.2, 0.25) is 0 Å². The normalized spacial score (nSPS) is 19.3. The Bertz CT molecular complexity index is 559. The first-order chi connectivity index (χ1) is 11.1. The summed E-state index contributed by atoms with van der Waals surface area (Å²) in [5.41, 5.74) is 0.857. The average Bonchev–Trinajstić information content (AvgIpc) is 2.60. The quantitative estimate of drug-likeness (QED) is 0.908. The Hall–Kier alpha value is -1.91. The Morgan fingerprint density at radius 1 is 1.39 bits per heavy atom. The van der Waals surface area contributed by atoms with Crippen molar-refractivity contribution >= 4 is 11.8 Å². The SMILES string of the molecule is CCC(C)NC(=O)c1ccnc(C(=O)N2CCCCC2CC)c1. The molecule has 126 valence electrons. The summed E-state index contributed by atoms with van der Waals surface area (Å²) in [5, 5.41) is 2.92. The van der Waals surface area contributed by atoms with E-state index in [-0.39, 0.29) is 23.9 Å². The van der Waals surface area contributed by atoms with Crippen LogP contribution in [0.5, 0.6) is 0 Å². The van der Waals surface area contributed by atoms with Gasteiger partial charge in [0.15, 0.2) is 0 Å². The molecule has 0 aromatic carbocycles. The summed E-state index contributed by atoms with van der Waals surface area (Å²) in [6, 6.07) is 3.67. The van der Waals surface area contributed by atoms with Crippen LogP contribution in [0.15, 0.2) is 18.3 Å². The Balaban J connectivity index is 2.15. The van der Waals surface area contributed by atoms with Crippen molar-refractivity contribution in [2.45, 2.75) is 65.0 Å². The van der Waals surface area contributed by atoms with E-state index in [0.29, 0.717) is 11.3 Å². The zero-order chi connectivity index (χ0) is 16.8. The van der Waals surface area contributed by atoms with E-state index in [0.717, 1.165) is 32.2 Å². The minimum atomic E-state index is -0.151. The lowest BCUT2D eigenvalue weighted by Gasteiger charge is -2.35. The van der Waals surface area contributed by atoms with Gasteiger partial charge in [0.05, 0.1) is 0 Å². The number of aromatic nitrogens is 1. The first-order valence-corrected chi connectivity index (χ1v) is 8.64. The van der Waals surface area contributed by atoms with Gasteiger partial charge in [-0.3, -0.25) is 14.6 Å². The smallest absolute Gasteiger partial charge is 0.272 e. The maximum Gasteiger partial charge on any atom is 0.272 e. The number of rotatable bonds is 5. The summed E-state index contributed by atoms with van der Waals surface area (Å²) in [6.07, 6.45) is 6.64. The van der Waals surface area contributed by atoms with Gasteiger partial charge in [-0.15, -0.1) is 0 Å². The highest BCUT2D eigenvalue weighted by molar-refractivity contribution is 5.98. The number of amides is 2. The predicted octanol–water partition coefficient (Wildman–Crippen LogP) is 3.01. The Kier molecular flexibility index (Phi) is 6.13. The zero-order valence-electron chi connectivity index (χ0n) is 14.3. The largest absolute Gasteiger partial charge is 0.350 e. The van der Waals surface area contributed by atoms with Gasteiger partial charge in [0, 0.05) is 30.4 Å². The second-order valence-electron chi connectivity index (χ2n) is 6.27. The van der Waals surface area contributed by atoms with E-state index in [4.69, 9.17) is 0 Å². The van der Waals surface area contributed by atoms with Crippen molar-refractivity contribution in [3.63, 3.8) is 0 Å². The van der Waals surface area contributed by atoms with Crippen molar-refractivity contribution in [1.82, 2.24) is 15.2 Å². The van der Waals surface area contributed by atoms with Crippen LogP contribution in [0.3, 0.4) is 0 Å². The molecule has 23 heavy (non-hydrogen) atoms. The fourth-order valence-electron chi connectivity index (χ4n) is 2.94. The van der Waals surface area contributed by atoms with E-state index in [1.807, 2.05) is 18.7 Å². The van der Waals surface area contributed by atoms with Crippen LogP contribution in [0.25, 0.3) is 0 Å². The Morgan fingerprint density at radius 2 is 2.17 bits per heavy atom. The fraction of sp³-hybridized carbons (Fsp3) is 0.611. The van der Waals surface area contributed by atoms with Gasteiger partial charge >= 0.3 is 0 Å². The van der Waals surface area contributed by atoms with E-state index in [2.05, 4.69) is 17.2 Å². The van der Waals surface area contributed by atoms with Crippen molar-refractivity contribution in [1.29, 1.82) is 0 Å². The molecule has 2 atom stereocenters. The van der Waals surface area contributed by atoms with E-state index < -0.39 is 0 Å². The van der Waals surface area contributed by atoms with Gasteiger partial charge in [0.25, 0.3) is 11.8 Å². The minimum Gasteiger partial charge on any atom is -0.350 e. The average molecular weight is 317 g/mol. The second-order valence-corrected chi connectivity index (χ2v) is 6.27. The molecule has 0 spiro atoms. The fourth-order valence-corrected chi connectivity index (χ4v) is 2.94. The molecule has 0 saturated carbocycles. The monoisotopic (exact) mass is 317 g/mol. The van der Waals surface area contributed by atoms with Crippen LogP contribution >= 0.6 is 0 Å². The number of carbonyl (C=O) groups excluding carboxylic acids is 2. The molecule has 1 N–H and O–H groups in total. The molecular weight excluding hydrogens is 290 g/mol. The van der Waals surface area contributed by atoms with Gasteiger partial charge in [0.2, 0.25) is 0 Å². The molecule has 0 bridgehead atoms. The number of hydrogen-bond donors (Lipinski definition) is 1. The maximum atomic E-state index is 12.8. The number of piperidine rings is 1. The van der Waals surface area contributed by atoms with Gasteiger partial charge in [-0.2, -0.15) is 0 Å². The third kappa shape index (κ3) is 4.30. The van der Waals surface area contributed by atoms with Crippen molar-refractivity contribution in [2.75, 3.05) is 6.54 Å². The third-order valence-corrected chi connectivity index (χ3v) is 4.59. The molecule has 1 aromatic rings. The number of hydrogen-bond acceptors (Lipinski definition) is 3. The van der Waals surface area contributed by atoms with Gasteiger partial charge in [-0.25, -0.2) is 0 Å². The summed E-state index contributed by atoms with van der Waals surface area (Å²) in [7, 11) is 0. The van der Waals surface area contributed by atoms with E-state index in [1.54, 1.807) is 18.3 Å². The predicted molar refractivity (Wildman–Crippen MR) is 90.4 cm³/mol. The van der Waals surface area contributed by atoms with Crippen molar-refractivity contribution in [2.24, 2.45) is 0 Å². The van der Waals surface area contributed by atoms with Crippen LogP contribution in [-0.4, -0.2) is 40.3 Å². The summed E-state index contributed by atoms with van der Waals surface area (Å²) < 4.78 is 0. The molecule has 1 aromatic heterocycles. The summed E-state index contributed by atoms with van der Waals surface area (Å²) in [6.45, 7) is 6.88. The first kappa shape index (κ1) is 17.4. The molecule has 2 unspecified atom stereocenters. The van der Waals surface area contributed by atoms with Crippen LogP contribution in [-0.2, 0) is 0 Å². The number of nitrogens with zero attached hydrogens (tertiary/aromatic N) is 2. The summed E-state index contributed by atoms with van der Waals surface area (Å²) in [4.78, 5) is 31.1. The number of nitrogens with one attached hydrogen (secondary N) is 1. The topological polar surface area (TPSA) is 62.3 Å². The van der Waals surface area contributed by atoms with Crippen molar-refractivity contribution in [3.05, 3.63) is 29.6 Å². The third-order valence-electron chi connectivity index (χ3n) is 4.59. The molecule has 0 aliphatic carbocycles. The first-order valence-electron chi connectivity index (χ1n) is 8.64. The lowest BCUT2D eigenvalue weighted by molar-refractivity contribution is 0.0602. The molecule has 2 rings (SSSR count). The molecule has 0 radical (unpaired) electrons. The molecular formula is C18H27N3O2. The van der Waals surface area contributed by atoms with E-state index in [9.17, 15) is 9.59 Å². The molecule has 5 heteroatoms. The highest BCUT2D eigenvalue weighted by Gasteiger charge is 2.27. The van der Waals surface area contributed by atoms with Gasteiger partial charge < -0.3 is 10.2 Å². The van der Waals surface area contributed by atoms with Gasteiger partial charge in [-0.05, 0) is 51.2 Å². The van der Waals surface area contributed by atoms with Gasteiger partial charge in [-0.1, -0.05) is 13.8 Å². The number of likely N-dealkylation sites (tertiary alicyclic amines) is 1. The molecule has 1 aliphatic heterocycles. The van der Waals surface area contributed by atoms with Gasteiger partial charge in [0.1, 0.15) is 5.69 Å². The van der Waals surface area contributed by atoms with Crippen LogP contribution < -0.4 is 5.32 Å². The van der Waals surface area contributed by atoms with Crippen LogP contribution in [0.1, 0.15) is 73.7 Å². The van der Waals surface area contributed by atoms with Crippen molar-refractivity contribution < 1.29 is 9.59 Å². The molecule has 1 fully saturated rings. The van der Waals surface area contributed by atoms with Crippen molar-refractivity contribution in [3.8, 4) is 0 Å². The zero-order valence-corrected chi connectivity index (χ0v) is 14.3. The molecule has 2 heterocycles. The maximum absolute atomic E-state index is 12.8. The molecule has 1 aliphatic rings. The number of carbonyl (C=O) groups is 2. The Labute approximate surface area is 138 Å². The standard InChI is InChI=1S/C18H27N3O2/c1-4-13(3)20-17(22)14-9-10-19-16(12-14)18(23)21-11-7-6-8-15(21)5-2/h9-10,12-13,15H,4-8,11H2,1-3H3,(H,20,22). The highest BCUT2D eigenvalue weighted by atomic mass is 16.2. The lowest BCUT2D eigenvalue weighted by atomic mass is 9.99. The molecule has 1 saturated heterocycles. The summed E-state index contributed by atoms with van der Waals surface area (Å²) >= 11 is 0. The minimum absolute atomic E-state index is 0.0604. The lowest BCUT2D eigenvalue weighted by Crippen LogP contribution is -2.43. The Morgan fingerprint density at radius 3 is 2.87 bits per heavy atom. The molecule has 2 amide bonds. The molecule has 5 nitrogen and oxygen atoms in total. The van der Waals surface area contributed by atoms with E-state index in [1.165, 1.54) is 6.42 Å². The number of pyridine rings is 1.